The molecule has 0 aliphatic heterocycles. The zero-order valence-electron chi connectivity index (χ0n) is 11.1. The third-order valence-corrected chi connectivity index (χ3v) is 3.51. The lowest BCUT2D eigenvalue weighted by Crippen LogP contribution is -2.10. The maximum atomic E-state index is 11.0. The van der Waals surface area contributed by atoms with Gasteiger partial charge in [0, 0.05) is 12.2 Å². The highest BCUT2D eigenvalue weighted by atomic mass is 35.5. The standard InChI is InChI=1S/C16H16ClNO2/c1-11(12-5-3-2-4-6-12)10-18-13-7-8-15(17)14(9-13)16(19)20/h2-9,11,18H,10H2,1H3,(H,19,20). The zero-order chi connectivity index (χ0) is 14.5. The molecule has 0 aromatic heterocycles. The second-order valence-corrected chi connectivity index (χ2v) is 5.10. The minimum Gasteiger partial charge on any atom is -0.478 e. The van der Waals surface area contributed by atoms with E-state index in [1.165, 1.54) is 5.56 Å². The second-order valence-electron chi connectivity index (χ2n) is 4.69. The minimum atomic E-state index is -1.02. The molecule has 0 saturated heterocycles. The average Bonchev–Trinajstić information content (AvgIpc) is 2.46. The number of carbonyl (C=O) groups is 1. The molecule has 2 N–H and O–H groups in total. The largest absolute Gasteiger partial charge is 0.478 e. The van der Waals surface area contributed by atoms with Crippen molar-refractivity contribution >= 4 is 23.3 Å². The second kappa shape index (κ2) is 6.44. The Balaban J connectivity index is 2.04. The Bertz CT molecular complexity index is 599. The Labute approximate surface area is 123 Å². The first-order valence-electron chi connectivity index (χ1n) is 6.39. The minimum absolute atomic E-state index is 0.115. The highest BCUT2D eigenvalue weighted by Gasteiger charge is 2.10. The Hall–Kier alpha value is -2.00. The third-order valence-electron chi connectivity index (χ3n) is 3.18. The fraction of sp³-hybridized carbons (Fsp3) is 0.188. The molecule has 0 heterocycles. The molecular formula is C16H16ClNO2. The molecule has 0 aliphatic carbocycles. The van der Waals surface area contributed by atoms with Crippen molar-refractivity contribution in [3.05, 3.63) is 64.7 Å². The van der Waals surface area contributed by atoms with Crippen LogP contribution in [-0.2, 0) is 0 Å². The van der Waals surface area contributed by atoms with Crippen LogP contribution in [0.2, 0.25) is 5.02 Å². The number of aromatic carboxylic acids is 1. The fourth-order valence-electron chi connectivity index (χ4n) is 1.97. The maximum absolute atomic E-state index is 11.0. The molecule has 0 aliphatic rings. The molecule has 4 heteroatoms. The van der Waals surface area contributed by atoms with Crippen molar-refractivity contribution in [2.75, 3.05) is 11.9 Å². The molecule has 2 aromatic carbocycles. The van der Waals surface area contributed by atoms with Crippen molar-refractivity contribution in [3.8, 4) is 0 Å². The lowest BCUT2D eigenvalue weighted by Gasteiger charge is -2.14. The lowest BCUT2D eigenvalue weighted by atomic mass is 10.0. The van der Waals surface area contributed by atoms with E-state index < -0.39 is 5.97 Å². The normalized spacial score (nSPS) is 11.9. The first-order chi connectivity index (χ1) is 9.58. The summed E-state index contributed by atoms with van der Waals surface area (Å²) in [5, 5.41) is 12.5. The van der Waals surface area contributed by atoms with E-state index >= 15 is 0 Å². The highest BCUT2D eigenvalue weighted by molar-refractivity contribution is 6.33. The molecule has 0 amide bonds. The molecule has 1 atom stereocenters. The van der Waals surface area contributed by atoms with Crippen LogP contribution in [0.5, 0.6) is 0 Å². The number of benzene rings is 2. The SMILES string of the molecule is CC(CNc1ccc(Cl)c(C(=O)O)c1)c1ccccc1. The van der Waals surface area contributed by atoms with Gasteiger partial charge in [0.05, 0.1) is 10.6 Å². The highest BCUT2D eigenvalue weighted by Crippen LogP contribution is 2.22. The molecule has 1 unspecified atom stereocenters. The van der Waals surface area contributed by atoms with E-state index in [-0.39, 0.29) is 10.6 Å². The Morgan fingerprint density at radius 1 is 1.25 bits per heavy atom. The molecule has 0 spiro atoms. The summed E-state index contributed by atoms with van der Waals surface area (Å²) >= 11 is 5.84. The fourth-order valence-corrected chi connectivity index (χ4v) is 2.17. The number of carboxylic acid groups (broad SMARTS) is 1. The van der Waals surface area contributed by atoms with Crippen molar-refractivity contribution < 1.29 is 9.90 Å². The molecule has 104 valence electrons. The van der Waals surface area contributed by atoms with Crippen LogP contribution in [0.4, 0.5) is 5.69 Å². The molecule has 0 fully saturated rings. The number of carboxylic acids is 1. The summed E-state index contributed by atoms with van der Waals surface area (Å²) in [6.07, 6.45) is 0. The number of nitrogens with one attached hydrogen (secondary N) is 1. The molecule has 3 nitrogen and oxygen atoms in total. The Morgan fingerprint density at radius 3 is 2.60 bits per heavy atom. The van der Waals surface area contributed by atoms with Gasteiger partial charge in [-0.2, -0.15) is 0 Å². The first-order valence-corrected chi connectivity index (χ1v) is 6.77. The smallest absolute Gasteiger partial charge is 0.337 e. The van der Waals surface area contributed by atoms with Gasteiger partial charge >= 0.3 is 5.97 Å². The van der Waals surface area contributed by atoms with E-state index in [4.69, 9.17) is 16.7 Å². The van der Waals surface area contributed by atoms with Gasteiger partial charge in [0.1, 0.15) is 0 Å². The van der Waals surface area contributed by atoms with Crippen LogP contribution in [0, 0.1) is 0 Å². The number of hydrogen-bond acceptors (Lipinski definition) is 2. The van der Waals surface area contributed by atoms with E-state index in [1.807, 2.05) is 18.2 Å². The van der Waals surface area contributed by atoms with Crippen LogP contribution < -0.4 is 5.32 Å². The average molecular weight is 290 g/mol. The third kappa shape index (κ3) is 3.52. The molecule has 0 saturated carbocycles. The predicted octanol–water partition coefficient (Wildman–Crippen LogP) is 4.25. The quantitative estimate of drug-likeness (QED) is 0.865. The van der Waals surface area contributed by atoms with Gasteiger partial charge < -0.3 is 10.4 Å². The van der Waals surface area contributed by atoms with Gasteiger partial charge in [-0.25, -0.2) is 4.79 Å². The summed E-state index contributed by atoms with van der Waals surface area (Å²) in [6.45, 7) is 2.85. The summed E-state index contributed by atoms with van der Waals surface area (Å²) in [4.78, 5) is 11.0. The van der Waals surface area contributed by atoms with Gasteiger partial charge in [-0.05, 0) is 29.7 Å². The first kappa shape index (κ1) is 14.4. The van der Waals surface area contributed by atoms with Gasteiger partial charge in [0.15, 0.2) is 0 Å². The van der Waals surface area contributed by atoms with Crippen molar-refractivity contribution in [1.82, 2.24) is 0 Å². The van der Waals surface area contributed by atoms with Gasteiger partial charge in [0.2, 0.25) is 0 Å². The van der Waals surface area contributed by atoms with Gasteiger partial charge in [-0.1, -0.05) is 48.9 Å². The van der Waals surface area contributed by atoms with Crippen LogP contribution in [0.25, 0.3) is 0 Å². The monoisotopic (exact) mass is 289 g/mol. The molecule has 20 heavy (non-hydrogen) atoms. The molecule has 2 aromatic rings. The zero-order valence-corrected chi connectivity index (χ0v) is 11.9. The summed E-state index contributed by atoms with van der Waals surface area (Å²) in [5.41, 5.74) is 2.12. The van der Waals surface area contributed by atoms with E-state index in [1.54, 1.807) is 18.2 Å². The predicted molar refractivity (Wildman–Crippen MR) is 81.8 cm³/mol. The molecular weight excluding hydrogens is 274 g/mol. The van der Waals surface area contributed by atoms with E-state index in [0.717, 1.165) is 12.2 Å². The molecule has 0 bridgehead atoms. The van der Waals surface area contributed by atoms with Crippen LogP contribution in [0.1, 0.15) is 28.8 Å². The van der Waals surface area contributed by atoms with Gasteiger partial charge in [-0.3, -0.25) is 0 Å². The van der Waals surface area contributed by atoms with Crippen molar-refractivity contribution in [3.63, 3.8) is 0 Å². The molecule has 0 radical (unpaired) electrons. The van der Waals surface area contributed by atoms with Gasteiger partial charge in [0.25, 0.3) is 0 Å². The van der Waals surface area contributed by atoms with Crippen molar-refractivity contribution in [1.29, 1.82) is 0 Å². The number of rotatable bonds is 5. The van der Waals surface area contributed by atoms with Crippen molar-refractivity contribution in [2.45, 2.75) is 12.8 Å². The number of anilines is 1. The van der Waals surface area contributed by atoms with E-state index in [0.29, 0.717) is 5.92 Å². The van der Waals surface area contributed by atoms with E-state index in [9.17, 15) is 4.79 Å². The maximum Gasteiger partial charge on any atom is 0.337 e. The van der Waals surface area contributed by atoms with Gasteiger partial charge in [-0.15, -0.1) is 0 Å². The Kier molecular flexibility index (Phi) is 4.64. The van der Waals surface area contributed by atoms with Crippen LogP contribution in [0.15, 0.2) is 48.5 Å². The summed E-state index contributed by atoms with van der Waals surface area (Å²) < 4.78 is 0. The van der Waals surface area contributed by atoms with E-state index in [2.05, 4.69) is 24.4 Å². The summed E-state index contributed by atoms with van der Waals surface area (Å²) in [6, 6.07) is 15.1. The molecule has 2 rings (SSSR count). The van der Waals surface area contributed by atoms with Crippen LogP contribution in [-0.4, -0.2) is 17.6 Å². The topological polar surface area (TPSA) is 49.3 Å². The van der Waals surface area contributed by atoms with Crippen molar-refractivity contribution in [2.24, 2.45) is 0 Å². The number of halogens is 1. The van der Waals surface area contributed by atoms with Crippen LogP contribution >= 0.6 is 11.6 Å². The Morgan fingerprint density at radius 2 is 1.95 bits per heavy atom. The van der Waals surface area contributed by atoms with Crippen LogP contribution in [0.3, 0.4) is 0 Å². The summed E-state index contributed by atoms with van der Waals surface area (Å²) in [7, 11) is 0. The lowest BCUT2D eigenvalue weighted by molar-refractivity contribution is 0.0697. The number of hydrogen-bond donors (Lipinski definition) is 2. The summed E-state index contributed by atoms with van der Waals surface area (Å²) in [5.74, 6) is -0.685.